The molecule has 0 saturated carbocycles. The van der Waals surface area contributed by atoms with Crippen LogP contribution in [0.3, 0.4) is 0 Å². The standard InChI is InChI=1S/C10H22O3/c1-6-12-8-10(4,5)13-7-9(2,3)11/h11H,6-8H2,1-5H3. The summed E-state index contributed by atoms with van der Waals surface area (Å²) >= 11 is 0. The van der Waals surface area contributed by atoms with Crippen molar-refractivity contribution in [3.8, 4) is 0 Å². The molecule has 0 rings (SSSR count). The predicted octanol–water partition coefficient (Wildman–Crippen LogP) is 1.59. The first-order chi connectivity index (χ1) is 5.77. The molecular formula is C10H22O3. The first-order valence-corrected chi connectivity index (χ1v) is 4.71. The van der Waals surface area contributed by atoms with E-state index >= 15 is 0 Å². The van der Waals surface area contributed by atoms with E-state index < -0.39 is 5.60 Å². The highest BCUT2D eigenvalue weighted by molar-refractivity contribution is 4.71. The molecular weight excluding hydrogens is 168 g/mol. The maximum absolute atomic E-state index is 9.44. The molecule has 0 amide bonds. The van der Waals surface area contributed by atoms with Crippen molar-refractivity contribution >= 4 is 0 Å². The Morgan fingerprint density at radius 1 is 1.08 bits per heavy atom. The van der Waals surface area contributed by atoms with Crippen molar-refractivity contribution in [2.45, 2.75) is 45.8 Å². The van der Waals surface area contributed by atoms with Crippen LogP contribution in [0.2, 0.25) is 0 Å². The van der Waals surface area contributed by atoms with Crippen LogP contribution in [0.25, 0.3) is 0 Å². The third-order valence-corrected chi connectivity index (χ3v) is 1.47. The second-order valence-corrected chi connectivity index (χ2v) is 4.50. The van der Waals surface area contributed by atoms with Crippen molar-refractivity contribution in [3.63, 3.8) is 0 Å². The summed E-state index contributed by atoms with van der Waals surface area (Å²) in [4.78, 5) is 0. The van der Waals surface area contributed by atoms with Crippen molar-refractivity contribution in [1.82, 2.24) is 0 Å². The fourth-order valence-electron chi connectivity index (χ4n) is 0.762. The van der Waals surface area contributed by atoms with E-state index in [4.69, 9.17) is 9.47 Å². The van der Waals surface area contributed by atoms with Crippen LogP contribution in [0.4, 0.5) is 0 Å². The number of hydrogen-bond donors (Lipinski definition) is 1. The maximum atomic E-state index is 9.44. The first kappa shape index (κ1) is 12.9. The average molecular weight is 190 g/mol. The zero-order valence-corrected chi connectivity index (χ0v) is 9.39. The Labute approximate surface area is 81.0 Å². The van der Waals surface area contributed by atoms with Crippen molar-refractivity contribution in [2.24, 2.45) is 0 Å². The van der Waals surface area contributed by atoms with Gasteiger partial charge in [-0.15, -0.1) is 0 Å². The van der Waals surface area contributed by atoms with Crippen LogP contribution in [0, 0.1) is 0 Å². The lowest BCUT2D eigenvalue weighted by atomic mass is 10.1. The number of ether oxygens (including phenoxy) is 2. The molecule has 0 unspecified atom stereocenters. The van der Waals surface area contributed by atoms with E-state index in [0.29, 0.717) is 19.8 Å². The molecule has 0 aromatic carbocycles. The van der Waals surface area contributed by atoms with Gasteiger partial charge in [0.1, 0.15) is 0 Å². The summed E-state index contributed by atoms with van der Waals surface area (Å²) < 4.78 is 10.8. The summed E-state index contributed by atoms with van der Waals surface area (Å²) in [5.74, 6) is 0. The second-order valence-electron chi connectivity index (χ2n) is 4.50. The Morgan fingerprint density at radius 3 is 2.00 bits per heavy atom. The summed E-state index contributed by atoms with van der Waals surface area (Å²) in [6, 6.07) is 0. The van der Waals surface area contributed by atoms with Crippen molar-refractivity contribution in [1.29, 1.82) is 0 Å². The lowest BCUT2D eigenvalue weighted by Gasteiger charge is -2.28. The van der Waals surface area contributed by atoms with E-state index in [0.717, 1.165) is 0 Å². The van der Waals surface area contributed by atoms with Crippen LogP contribution in [0.1, 0.15) is 34.6 Å². The van der Waals surface area contributed by atoms with Gasteiger partial charge in [-0.05, 0) is 34.6 Å². The van der Waals surface area contributed by atoms with Gasteiger partial charge in [0.05, 0.1) is 24.4 Å². The number of hydrogen-bond acceptors (Lipinski definition) is 3. The lowest BCUT2D eigenvalue weighted by molar-refractivity contribution is -0.119. The number of rotatable bonds is 6. The molecule has 0 aromatic rings. The van der Waals surface area contributed by atoms with E-state index in [9.17, 15) is 5.11 Å². The second kappa shape index (κ2) is 4.94. The summed E-state index contributed by atoms with van der Waals surface area (Å²) in [6.07, 6.45) is 0. The molecule has 0 radical (unpaired) electrons. The van der Waals surface area contributed by atoms with Crippen LogP contribution < -0.4 is 0 Å². The van der Waals surface area contributed by atoms with E-state index in [1.807, 2.05) is 20.8 Å². The summed E-state index contributed by atoms with van der Waals surface area (Å²) in [6.45, 7) is 10.9. The molecule has 13 heavy (non-hydrogen) atoms. The molecule has 0 aliphatic carbocycles. The average Bonchev–Trinajstić information content (AvgIpc) is 1.97. The van der Waals surface area contributed by atoms with Gasteiger partial charge in [0, 0.05) is 6.61 Å². The minimum Gasteiger partial charge on any atom is -0.388 e. The number of aliphatic hydroxyl groups is 1. The van der Waals surface area contributed by atoms with Gasteiger partial charge in [-0.25, -0.2) is 0 Å². The van der Waals surface area contributed by atoms with Gasteiger partial charge in [0.2, 0.25) is 0 Å². The molecule has 0 aliphatic rings. The van der Waals surface area contributed by atoms with Crippen molar-refractivity contribution < 1.29 is 14.6 Å². The smallest absolute Gasteiger partial charge is 0.0860 e. The third kappa shape index (κ3) is 8.22. The molecule has 3 nitrogen and oxygen atoms in total. The minimum absolute atomic E-state index is 0.323. The molecule has 0 aromatic heterocycles. The topological polar surface area (TPSA) is 38.7 Å². The van der Waals surface area contributed by atoms with Crippen LogP contribution in [-0.2, 0) is 9.47 Å². The van der Waals surface area contributed by atoms with Gasteiger partial charge in [-0.1, -0.05) is 0 Å². The van der Waals surface area contributed by atoms with Gasteiger partial charge < -0.3 is 14.6 Å². The van der Waals surface area contributed by atoms with E-state index in [1.165, 1.54) is 0 Å². The normalized spacial score (nSPS) is 13.4. The zero-order chi connectivity index (χ0) is 10.5. The Balaban J connectivity index is 3.75. The van der Waals surface area contributed by atoms with Crippen LogP contribution in [0.5, 0.6) is 0 Å². The molecule has 0 heterocycles. The quantitative estimate of drug-likeness (QED) is 0.691. The largest absolute Gasteiger partial charge is 0.388 e. The lowest BCUT2D eigenvalue weighted by Crippen LogP contribution is -2.37. The summed E-state index contributed by atoms with van der Waals surface area (Å²) in [7, 11) is 0. The molecule has 0 saturated heterocycles. The van der Waals surface area contributed by atoms with Crippen LogP contribution in [-0.4, -0.2) is 36.1 Å². The fraction of sp³-hybridized carbons (Fsp3) is 1.00. The van der Waals surface area contributed by atoms with Gasteiger partial charge >= 0.3 is 0 Å². The van der Waals surface area contributed by atoms with E-state index in [-0.39, 0.29) is 5.60 Å². The SMILES string of the molecule is CCOCC(C)(C)OCC(C)(C)O. The van der Waals surface area contributed by atoms with Gasteiger partial charge in [0.25, 0.3) is 0 Å². The van der Waals surface area contributed by atoms with Gasteiger partial charge in [0.15, 0.2) is 0 Å². The fourth-order valence-corrected chi connectivity index (χ4v) is 0.762. The van der Waals surface area contributed by atoms with Crippen molar-refractivity contribution in [3.05, 3.63) is 0 Å². The highest BCUT2D eigenvalue weighted by atomic mass is 16.5. The van der Waals surface area contributed by atoms with Crippen LogP contribution >= 0.6 is 0 Å². The highest BCUT2D eigenvalue weighted by Gasteiger charge is 2.22. The summed E-state index contributed by atoms with van der Waals surface area (Å²) in [5.41, 5.74) is -1.10. The molecule has 0 aliphatic heterocycles. The molecule has 0 bridgehead atoms. The molecule has 0 fully saturated rings. The maximum Gasteiger partial charge on any atom is 0.0860 e. The minimum atomic E-state index is -0.774. The molecule has 0 spiro atoms. The molecule has 1 N–H and O–H groups in total. The van der Waals surface area contributed by atoms with Crippen molar-refractivity contribution in [2.75, 3.05) is 19.8 Å². The highest BCUT2D eigenvalue weighted by Crippen LogP contribution is 2.13. The predicted molar refractivity (Wildman–Crippen MR) is 52.8 cm³/mol. The van der Waals surface area contributed by atoms with Gasteiger partial charge in [-0.2, -0.15) is 0 Å². The monoisotopic (exact) mass is 190 g/mol. The molecule has 0 atom stereocenters. The van der Waals surface area contributed by atoms with E-state index in [2.05, 4.69) is 0 Å². The Kier molecular flexibility index (Phi) is 4.89. The molecule has 80 valence electrons. The Morgan fingerprint density at radius 2 is 1.62 bits per heavy atom. The Bertz CT molecular complexity index is 136. The van der Waals surface area contributed by atoms with Crippen LogP contribution in [0.15, 0.2) is 0 Å². The zero-order valence-electron chi connectivity index (χ0n) is 9.39. The summed E-state index contributed by atoms with van der Waals surface area (Å²) in [5, 5.41) is 9.44. The van der Waals surface area contributed by atoms with Gasteiger partial charge in [-0.3, -0.25) is 0 Å². The Hall–Kier alpha value is -0.120. The first-order valence-electron chi connectivity index (χ1n) is 4.71. The van der Waals surface area contributed by atoms with E-state index in [1.54, 1.807) is 13.8 Å². The molecule has 3 heteroatoms. The third-order valence-electron chi connectivity index (χ3n) is 1.47.